The summed E-state index contributed by atoms with van der Waals surface area (Å²) in [4.78, 5) is 4.40. The number of hydrogen-bond acceptors (Lipinski definition) is 3. The molecule has 0 saturated carbocycles. The standard InChI is InChI=1S/C10H13ClN4/c1-2-7(6-12)10-13-9-5-8(11)3-4-15(9)14-10/h3-5,7H,2,6,12H2,1H3. The fraction of sp³-hybridized carbons (Fsp3) is 0.400. The molecule has 1 unspecified atom stereocenters. The van der Waals surface area contributed by atoms with Gasteiger partial charge in [-0.2, -0.15) is 5.10 Å². The van der Waals surface area contributed by atoms with E-state index in [0.717, 1.165) is 17.9 Å². The van der Waals surface area contributed by atoms with Gasteiger partial charge in [-0.1, -0.05) is 18.5 Å². The molecular formula is C10H13ClN4. The molecule has 0 fully saturated rings. The molecule has 1 atom stereocenters. The van der Waals surface area contributed by atoms with Crippen LogP contribution in [0, 0.1) is 0 Å². The second-order valence-corrected chi connectivity index (χ2v) is 3.90. The summed E-state index contributed by atoms with van der Waals surface area (Å²) in [5.74, 6) is 1.02. The normalized spacial score (nSPS) is 13.3. The lowest BCUT2D eigenvalue weighted by molar-refractivity contribution is 0.629. The van der Waals surface area contributed by atoms with Gasteiger partial charge in [0.05, 0.1) is 0 Å². The van der Waals surface area contributed by atoms with Crippen LogP contribution in [0.2, 0.25) is 5.02 Å². The van der Waals surface area contributed by atoms with Crippen LogP contribution >= 0.6 is 11.6 Å². The quantitative estimate of drug-likeness (QED) is 0.866. The van der Waals surface area contributed by atoms with Crippen LogP contribution in [-0.2, 0) is 0 Å². The summed E-state index contributed by atoms with van der Waals surface area (Å²) in [7, 11) is 0. The zero-order valence-corrected chi connectivity index (χ0v) is 9.28. The van der Waals surface area contributed by atoms with Gasteiger partial charge in [0.15, 0.2) is 11.5 Å². The third kappa shape index (κ3) is 1.96. The van der Waals surface area contributed by atoms with E-state index in [4.69, 9.17) is 17.3 Å². The second-order valence-electron chi connectivity index (χ2n) is 3.46. The molecular weight excluding hydrogens is 212 g/mol. The molecule has 2 N–H and O–H groups in total. The molecule has 2 rings (SSSR count). The number of pyridine rings is 1. The number of nitrogens with zero attached hydrogens (tertiary/aromatic N) is 3. The molecule has 0 amide bonds. The highest BCUT2D eigenvalue weighted by Gasteiger charge is 2.13. The van der Waals surface area contributed by atoms with Crippen molar-refractivity contribution in [1.29, 1.82) is 0 Å². The third-order valence-electron chi connectivity index (χ3n) is 2.46. The lowest BCUT2D eigenvalue weighted by atomic mass is 10.1. The molecule has 4 nitrogen and oxygen atoms in total. The minimum atomic E-state index is 0.226. The van der Waals surface area contributed by atoms with Crippen LogP contribution in [0.15, 0.2) is 18.3 Å². The molecule has 2 aromatic rings. The number of aromatic nitrogens is 3. The van der Waals surface area contributed by atoms with Gasteiger partial charge in [-0.05, 0) is 12.5 Å². The summed E-state index contributed by atoms with van der Waals surface area (Å²) in [6, 6.07) is 3.58. The number of fused-ring (bicyclic) bond motifs is 1. The largest absolute Gasteiger partial charge is 0.330 e. The van der Waals surface area contributed by atoms with E-state index >= 15 is 0 Å². The van der Waals surface area contributed by atoms with Gasteiger partial charge in [0.25, 0.3) is 0 Å². The van der Waals surface area contributed by atoms with Crippen LogP contribution in [-0.4, -0.2) is 21.1 Å². The van der Waals surface area contributed by atoms with Crippen LogP contribution in [0.25, 0.3) is 5.65 Å². The van der Waals surface area contributed by atoms with Crippen molar-refractivity contribution in [2.45, 2.75) is 19.3 Å². The van der Waals surface area contributed by atoms with Crippen molar-refractivity contribution in [2.24, 2.45) is 5.73 Å². The van der Waals surface area contributed by atoms with Crippen molar-refractivity contribution in [1.82, 2.24) is 14.6 Å². The van der Waals surface area contributed by atoms with Crippen LogP contribution in [0.1, 0.15) is 25.1 Å². The van der Waals surface area contributed by atoms with Crippen molar-refractivity contribution >= 4 is 17.2 Å². The van der Waals surface area contributed by atoms with Crippen LogP contribution < -0.4 is 5.73 Å². The average Bonchev–Trinajstić information content (AvgIpc) is 2.62. The monoisotopic (exact) mass is 224 g/mol. The molecule has 0 aromatic carbocycles. The van der Waals surface area contributed by atoms with Gasteiger partial charge in [0.1, 0.15) is 0 Å². The second kappa shape index (κ2) is 4.16. The maximum absolute atomic E-state index is 5.87. The predicted octanol–water partition coefficient (Wildman–Crippen LogP) is 1.83. The molecule has 0 saturated heterocycles. The Balaban J connectivity index is 2.46. The maximum atomic E-state index is 5.87. The zero-order chi connectivity index (χ0) is 10.8. The number of halogens is 1. The van der Waals surface area contributed by atoms with Crippen LogP contribution in [0.5, 0.6) is 0 Å². The molecule has 0 aliphatic rings. The fourth-order valence-electron chi connectivity index (χ4n) is 1.50. The zero-order valence-electron chi connectivity index (χ0n) is 8.52. The van der Waals surface area contributed by atoms with Crippen molar-refractivity contribution in [3.8, 4) is 0 Å². The van der Waals surface area contributed by atoms with E-state index in [0.29, 0.717) is 11.6 Å². The molecule has 5 heteroatoms. The first-order valence-electron chi connectivity index (χ1n) is 4.96. The molecule has 0 aliphatic carbocycles. The Kier molecular flexibility index (Phi) is 2.88. The van der Waals surface area contributed by atoms with E-state index in [2.05, 4.69) is 17.0 Å². The summed E-state index contributed by atoms with van der Waals surface area (Å²) in [6.07, 6.45) is 2.75. The molecule has 15 heavy (non-hydrogen) atoms. The fourth-order valence-corrected chi connectivity index (χ4v) is 1.66. The Bertz CT molecular complexity index is 461. The van der Waals surface area contributed by atoms with Crippen molar-refractivity contribution in [3.63, 3.8) is 0 Å². The van der Waals surface area contributed by atoms with Crippen LogP contribution in [0.3, 0.4) is 0 Å². The Labute approximate surface area is 93.1 Å². The van der Waals surface area contributed by atoms with Crippen LogP contribution in [0.4, 0.5) is 0 Å². The Morgan fingerprint density at radius 2 is 2.40 bits per heavy atom. The predicted molar refractivity (Wildman–Crippen MR) is 60.1 cm³/mol. The molecule has 80 valence electrons. The SMILES string of the molecule is CCC(CN)c1nc2cc(Cl)ccn2n1. The highest BCUT2D eigenvalue weighted by Crippen LogP contribution is 2.17. The van der Waals surface area contributed by atoms with E-state index in [-0.39, 0.29) is 5.92 Å². The smallest absolute Gasteiger partial charge is 0.157 e. The molecule has 0 aliphatic heterocycles. The maximum Gasteiger partial charge on any atom is 0.157 e. The van der Waals surface area contributed by atoms with E-state index in [9.17, 15) is 0 Å². The minimum Gasteiger partial charge on any atom is -0.330 e. The molecule has 2 heterocycles. The van der Waals surface area contributed by atoms with E-state index in [1.807, 2.05) is 0 Å². The van der Waals surface area contributed by atoms with Gasteiger partial charge < -0.3 is 5.73 Å². The number of hydrogen-bond donors (Lipinski definition) is 1. The van der Waals surface area contributed by atoms with E-state index in [1.54, 1.807) is 22.8 Å². The Morgan fingerprint density at radius 1 is 1.60 bits per heavy atom. The molecule has 0 spiro atoms. The number of nitrogens with two attached hydrogens (primary N) is 1. The van der Waals surface area contributed by atoms with Crippen molar-refractivity contribution in [3.05, 3.63) is 29.2 Å². The first-order chi connectivity index (χ1) is 7.24. The summed E-state index contributed by atoms with van der Waals surface area (Å²) in [5, 5.41) is 5.03. The molecule has 0 bridgehead atoms. The molecule has 2 aromatic heterocycles. The van der Waals surface area contributed by atoms with Crippen molar-refractivity contribution < 1.29 is 0 Å². The topological polar surface area (TPSA) is 56.2 Å². The Morgan fingerprint density at radius 3 is 3.07 bits per heavy atom. The third-order valence-corrected chi connectivity index (χ3v) is 2.69. The summed E-state index contributed by atoms with van der Waals surface area (Å²) < 4.78 is 1.72. The first kappa shape index (κ1) is 10.4. The minimum absolute atomic E-state index is 0.226. The van der Waals surface area contributed by atoms with Gasteiger partial charge in [-0.15, -0.1) is 0 Å². The lowest BCUT2D eigenvalue weighted by Gasteiger charge is -2.05. The number of rotatable bonds is 3. The highest BCUT2D eigenvalue weighted by molar-refractivity contribution is 6.30. The van der Waals surface area contributed by atoms with E-state index < -0.39 is 0 Å². The highest BCUT2D eigenvalue weighted by atomic mass is 35.5. The van der Waals surface area contributed by atoms with Gasteiger partial charge in [-0.3, -0.25) is 0 Å². The Hall–Kier alpha value is -1.13. The first-order valence-corrected chi connectivity index (χ1v) is 5.34. The summed E-state index contributed by atoms with van der Waals surface area (Å²) in [5.41, 5.74) is 6.42. The van der Waals surface area contributed by atoms with Gasteiger partial charge >= 0.3 is 0 Å². The van der Waals surface area contributed by atoms with E-state index in [1.165, 1.54) is 0 Å². The lowest BCUT2D eigenvalue weighted by Crippen LogP contribution is -2.13. The summed E-state index contributed by atoms with van der Waals surface area (Å²) >= 11 is 5.87. The van der Waals surface area contributed by atoms with Gasteiger partial charge in [0.2, 0.25) is 0 Å². The molecule has 0 radical (unpaired) electrons. The van der Waals surface area contributed by atoms with Gasteiger partial charge in [0, 0.05) is 29.7 Å². The summed E-state index contributed by atoms with van der Waals surface area (Å²) in [6.45, 7) is 2.65. The average molecular weight is 225 g/mol. The van der Waals surface area contributed by atoms with Crippen molar-refractivity contribution in [2.75, 3.05) is 6.54 Å². The van der Waals surface area contributed by atoms with Gasteiger partial charge in [-0.25, -0.2) is 9.50 Å².